The first-order chi connectivity index (χ1) is 9.76. The number of rotatable bonds is 2. The van der Waals surface area contributed by atoms with Crippen molar-refractivity contribution < 1.29 is 4.52 Å². The van der Waals surface area contributed by atoms with Gasteiger partial charge in [0.1, 0.15) is 5.69 Å². The Kier molecular flexibility index (Phi) is 2.37. The lowest BCUT2D eigenvalue weighted by Crippen LogP contribution is -2.43. The van der Waals surface area contributed by atoms with Crippen molar-refractivity contribution in [3.8, 4) is 11.5 Å². The van der Waals surface area contributed by atoms with Gasteiger partial charge in [0.25, 0.3) is 0 Å². The zero-order chi connectivity index (χ0) is 13.6. The minimum absolute atomic E-state index is 0.435. The minimum atomic E-state index is -0.435. The van der Waals surface area contributed by atoms with E-state index in [2.05, 4.69) is 15.1 Å². The van der Waals surface area contributed by atoms with Gasteiger partial charge in [-0.25, -0.2) is 0 Å². The van der Waals surface area contributed by atoms with Crippen LogP contribution in [0.1, 0.15) is 25.2 Å². The number of hydrogen-bond acceptors (Lipinski definition) is 5. The molecule has 0 atom stereocenters. The van der Waals surface area contributed by atoms with E-state index in [0.717, 1.165) is 35.7 Å². The maximum absolute atomic E-state index is 6.21. The van der Waals surface area contributed by atoms with E-state index in [-0.39, 0.29) is 0 Å². The lowest BCUT2D eigenvalue weighted by molar-refractivity contribution is 0.181. The molecule has 0 unspecified atom stereocenters. The summed E-state index contributed by atoms with van der Waals surface area (Å²) in [5.41, 5.74) is 6.51. The second-order valence-electron chi connectivity index (χ2n) is 5.31. The molecular weight excluding hydrogens is 252 g/mol. The van der Waals surface area contributed by atoms with Crippen molar-refractivity contribution in [1.29, 1.82) is 0 Å². The van der Waals surface area contributed by atoms with Crippen molar-refractivity contribution in [3.63, 3.8) is 0 Å². The number of nitrogens with zero attached hydrogens (tertiary/aromatic N) is 3. The molecule has 100 valence electrons. The van der Waals surface area contributed by atoms with E-state index in [1.54, 1.807) is 6.20 Å². The molecule has 1 aromatic carbocycles. The van der Waals surface area contributed by atoms with Crippen LogP contribution in [0.25, 0.3) is 22.3 Å². The van der Waals surface area contributed by atoms with Crippen LogP contribution in [-0.4, -0.2) is 15.1 Å². The molecule has 1 aliphatic rings. The third kappa shape index (κ3) is 1.63. The van der Waals surface area contributed by atoms with E-state index in [1.165, 1.54) is 0 Å². The maximum atomic E-state index is 6.21. The number of aromatic nitrogens is 3. The molecule has 2 heterocycles. The highest BCUT2D eigenvalue weighted by atomic mass is 16.5. The van der Waals surface area contributed by atoms with Crippen LogP contribution >= 0.6 is 0 Å². The summed E-state index contributed by atoms with van der Waals surface area (Å²) in [6.45, 7) is 0. The highest BCUT2D eigenvalue weighted by Gasteiger charge is 2.40. The SMILES string of the molecule is NC1(c2nc(-c3nccc4ccccc34)no2)CCC1. The van der Waals surface area contributed by atoms with Crippen LogP contribution in [0.4, 0.5) is 0 Å². The molecular formula is C15H14N4O. The van der Waals surface area contributed by atoms with Gasteiger partial charge in [0.2, 0.25) is 11.7 Å². The highest BCUT2D eigenvalue weighted by molar-refractivity contribution is 5.92. The van der Waals surface area contributed by atoms with Crippen LogP contribution in [0.3, 0.4) is 0 Å². The zero-order valence-electron chi connectivity index (χ0n) is 10.9. The molecule has 2 aromatic heterocycles. The van der Waals surface area contributed by atoms with Gasteiger partial charge in [-0.2, -0.15) is 4.98 Å². The molecule has 5 heteroatoms. The Hall–Kier alpha value is -2.27. The third-order valence-corrected chi connectivity index (χ3v) is 3.98. The van der Waals surface area contributed by atoms with E-state index < -0.39 is 5.54 Å². The lowest BCUT2D eigenvalue weighted by Gasteiger charge is -2.33. The first-order valence-electron chi connectivity index (χ1n) is 6.73. The van der Waals surface area contributed by atoms with Crippen molar-refractivity contribution >= 4 is 10.8 Å². The van der Waals surface area contributed by atoms with Gasteiger partial charge in [0.15, 0.2) is 0 Å². The summed E-state index contributed by atoms with van der Waals surface area (Å²) < 4.78 is 5.35. The molecule has 0 saturated heterocycles. The topological polar surface area (TPSA) is 77.8 Å². The fraction of sp³-hybridized carbons (Fsp3) is 0.267. The molecule has 1 fully saturated rings. The molecule has 3 aromatic rings. The Morgan fingerprint density at radius 2 is 2.00 bits per heavy atom. The highest BCUT2D eigenvalue weighted by Crippen LogP contribution is 2.38. The quantitative estimate of drug-likeness (QED) is 0.771. The van der Waals surface area contributed by atoms with Gasteiger partial charge in [0, 0.05) is 11.6 Å². The van der Waals surface area contributed by atoms with Crippen LogP contribution in [0.5, 0.6) is 0 Å². The first kappa shape index (κ1) is 11.5. The molecule has 0 amide bonds. The monoisotopic (exact) mass is 266 g/mol. The molecule has 0 aliphatic heterocycles. The predicted octanol–water partition coefficient (Wildman–Crippen LogP) is 2.62. The van der Waals surface area contributed by atoms with Gasteiger partial charge >= 0.3 is 0 Å². The fourth-order valence-corrected chi connectivity index (χ4v) is 2.59. The summed E-state index contributed by atoms with van der Waals surface area (Å²) in [6.07, 6.45) is 4.67. The summed E-state index contributed by atoms with van der Waals surface area (Å²) in [5, 5.41) is 6.18. The van der Waals surface area contributed by atoms with Crippen LogP contribution in [0, 0.1) is 0 Å². The van der Waals surface area contributed by atoms with Crippen LogP contribution in [0.2, 0.25) is 0 Å². The Labute approximate surface area is 115 Å². The van der Waals surface area contributed by atoms with E-state index >= 15 is 0 Å². The van der Waals surface area contributed by atoms with Crippen molar-refractivity contribution in [1.82, 2.24) is 15.1 Å². The van der Waals surface area contributed by atoms with Crippen LogP contribution in [-0.2, 0) is 5.54 Å². The summed E-state index contributed by atoms with van der Waals surface area (Å²) in [6, 6.07) is 9.99. The molecule has 2 N–H and O–H groups in total. The Morgan fingerprint density at radius 1 is 1.15 bits per heavy atom. The second kappa shape index (κ2) is 4.11. The molecule has 1 saturated carbocycles. The molecule has 1 aliphatic carbocycles. The summed E-state index contributed by atoms with van der Waals surface area (Å²) in [4.78, 5) is 8.85. The van der Waals surface area contributed by atoms with E-state index in [1.807, 2.05) is 30.3 Å². The molecule has 4 rings (SSSR count). The van der Waals surface area contributed by atoms with E-state index in [9.17, 15) is 0 Å². The molecule has 0 spiro atoms. The number of hydrogen-bond donors (Lipinski definition) is 1. The number of nitrogens with two attached hydrogens (primary N) is 1. The summed E-state index contributed by atoms with van der Waals surface area (Å²) in [5.74, 6) is 1.03. The molecule has 20 heavy (non-hydrogen) atoms. The lowest BCUT2D eigenvalue weighted by atomic mass is 9.78. The van der Waals surface area contributed by atoms with Gasteiger partial charge < -0.3 is 10.3 Å². The number of benzene rings is 1. The average molecular weight is 266 g/mol. The van der Waals surface area contributed by atoms with Gasteiger partial charge in [-0.3, -0.25) is 4.98 Å². The number of pyridine rings is 1. The smallest absolute Gasteiger partial charge is 0.247 e. The summed E-state index contributed by atoms with van der Waals surface area (Å²) in [7, 11) is 0. The molecule has 5 nitrogen and oxygen atoms in total. The predicted molar refractivity (Wildman–Crippen MR) is 74.8 cm³/mol. The molecule has 0 bridgehead atoms. The normalized spacial score (nSPS) is 17.1. The van der Waals surface area contributed by atoms with Gasteiger partial charge in [-0.05, 0) is 30.7 Å². The Bertz CT molecular complexity index is 771. The number of fused-ring (bicyclic) bond motifs is 1. The van der Waals surface area contributed by atoms with E-state index in [0.29, 0.717) is 11.7 Å². The van der Waals surface area contributed by atoms with Crippen molar-refractivity contribution in [2.24, 2.45) is 5.73 Å². The Morgan fingerprint density at radius 3 is 2.80 bits per heavy atom. The van der Waals surface area contributed by atoms with Crippen LogP contribution < -0.4 is 5.73 Å². The van der Waals surface area contributed by atoms with Crippen molar-refractivity contribution in [3.05, 3.63) is 42.4 Å². The largest absolute Gasteiger partial charge is 0.337 e. The van der Waals surface area contributed by atoms with Gasteiger partial charge in [-0.15, -0.1) is 0 Å². The maximum Gasteiger partial charge on any atom is 0.247 e. The molecule has 0 radical (unpaired) electrons. The van der Waals surface area contributed by atoms with Gasteiger partial charge in [-0.1, -0.05) is 29.4 Å². The Balaban J connectivity index is 1.83. The zero-order valence-corrected chi connectivity index (χ0v) is 10.9. The van der Waals surface area contributed by atoms with Crippen molar-refractivity contribution in [2.45, 2.75) is 24.8 Å². The second-order valence-corrected chi connectivity index (χ2v) is 5.31. The standard InChI is InChI=1S/C15H14N4O/c16-15(7-3-8-15)14-18-13(19-20-14)12-11-5-2-1-4-10(11)6-9-17-12/h1-2,4-6,9H,3,7-8,16H2. The third-order valence-electron chi connectivity index (χ3n) is 3.98. The average Bonchev–Trinajstić information content (AvgIpc) is 2.94. The first-order valence-corrected chi connectivity index (χ1v) is 6.73. The fourth-order valence-electron chi connectivity index (χ4n) is 2.59. The van der Waals surface area contributed by atoms with Crippen molar-refractivity contribution in [2.75, 3.05) is 0 Å². The minimum Gasteiger partial charge on any atom is -0.337 e. The van der Waals surface area contributed by atoms with E-state index in [4.69, 9.17) is 10.3 Å². The summed E-state index contributed by atoms with van der Waals surface area (Å²) >= 11 is 0. The van der Waals surface area contributed by atoms with Gasteiger partial charge in [0.05, 0.1) is 5.54 Å². The van der Waals surface area contributed by atoms with Crippen LogP contribution in [0.15, 0.2) is 41.1 Å².